The lowest BCUT2D eigenvalue weighted by Gasteiger charge is -2.66. The van der Waals surface area contributed by atoms with Crippen molar-refractivity contribution >= 4 is 11.6 Å². The lowest BCUT2D eigenvalue weighted by Crippen LogP contribution is -2.65. The summed E-state index contributed by atoms with van der Waals surface area (Å²) in [5.41, 5.74) is -0.772. The molecule has 0 atom stereocenters. The van der Waals surface area contributed by atoms with Crippen molar-refractivity contribution in [1.82, 2.24) is 9.97 Å². The maximum absolute atomic E-state index is 14.1. The lowest BCUT2D eigenvalue weighted by molar-refractivity contribution is -0.215. The van der Waals surface area contributed by atoms with Crippen LogP contribution in [0.4, 0.5) is 23.2 Å². The number of rotatable bonds is 6. The summed E-state index contributed by atoms with van der Waals surface area (Å²) < 4.78 is 59.1. The van der Waals surface area contributed by atoms with Crippen LogP contribution in [0.3, 0.4) is 0 Å². The molecule has 0 radical (unpaired) electrons. The van der Waals surface area contributed by atoms with Crippen molar-refractivity contribution in [3.8, 4) is 6.07 Å². The Labute approximate surface area is 211 Å². The first-order valence-corrected chi connectivity index (χ1v) is 12.5. The number of aromatic nitrogens is 2. The van der Waals surface area contributed by atoms with Gasteiger partial charge in [-0.2, -0.15) is 18.4 Å². The van der Waals surface area contributed by atoms with E-state index in [0.29, 0.717) is 74.9 Å². The van der Waals surface area contributed by atoms with E-state index in [0.717, 1.165) is 0 Å². The predicted molar refractivity (Wildman–Crippen MR) is 124 cm³/mol. The average Bonchev–Trinajstić information content (AvgIpc) is 2.86. The molecule has 0 spiro atoms. The van der Waals surface area contributed by atoms with Gasteiger partial charge in [-0.15, -0.1) is 0 Å². The third-order valence-electron chi connectivity index (χ3n) is 8.89. The second-order valence-electron chi connectivity index (χ2n) is 11.6. The zero-order valence-electron chi connectivity index (χ0n) is 20.2. The highest BCUT2D eigenvalue weighted by Crippen LogP contribution is 2.71. The molecule has 2 aliphatic heterocycles. The number of carbonyl (C=O) groups excluding carboxylic acids is 1. The van der Waals surface area contributed by atoms with Gasteiger partial charge < -0.3 is 9.64 Å². The van der Waals surface area contributed by atoms with Crippen molar-refractivity contribution < 1.29 is 27.1 Å². The molecule has 0 unspecified atom stereocenters. The van der Waals surface area contributed by atoms with Crippen molar-refractivity contribution in [1.29, 1.82) is 5.26 Å². The van der Waals surface area contributed by atoms with E-state index in [4.69, 9.17) is 4.74 Å². The Hall–Kier alpha value is -3.06. The number of anilines is 1. The molecular formula is C27H26F4N4O2. The van der Waals surface area contributed by atoms with E-state index in [9.17, 15) is 27.6 Å². The summed E-state index contributed by atoms with van der Waals surface area (Å²) in [5.74, 6) is -1.26. The van der Waals surface area contributed by atoms with Gasteiger partial charge >= 0.3 is 6.18 Å². The summed E-state index contributed by atoms with van der Waals surface area (Å²) in [6, 6.07) is 9.06. The first kappa shape index (κ1) is 24.3. The fourth-order valence-corrected chi connectivity index (χ4v) is 6.92. The van der Waals surface area contributed by atoms with Gasteiger partial charge in [-0.1, -0.05) is 6.07 Å². The van der Waals surface area contributed by atoms with Crippen LogP contribution in [0.1, 0.15) is 68.3 Å². The van der Waals surface area contributed by atoms with Crippen molar-refractivity contribution in [2.24, 2.45) is 10.8 Å². The van der Waals surface area contributed by atoms with E-state index in [1.807, 2.05) is 6.07 Å². The highest BCUT2D eigenvalue weighted by molar-refractivity contribution is 5.94. The van der Waals surface area contributed by atoms with Gasteiger partial charge in [0.15, 0.2) is 0 Å². The molecule has 4 bridgehead atoms. The molecule has 10 heteroatoms. The maximum atomic E-state index is 14.1. The molecule has 37 heavy (non-hydrogen) atoms. The third-order valence-corrected chi connectivity index (χ3v) is 8.89. The van der Waals surface area contributed by atoms with E-state index >= 15 is 0 Å². The summed E-state index contributed by atoms with van der Waals surface area (Å²) in [6.07, 6.45) is 1.98. The van der Waals surface area contributed by atoms with Crippen LogP contribution in [0.5, 0.6) is 0 Å². The maximum Gasteiger partial charge on any atom is 0.451 e. The van der Waals surface area contributed by atoms with Crippen LogP contribution < -0.4 is 4.90 Å². The van der Waals surface area contributed by atoms with Crippen molar-refractivity contribution in [3.05, 3.63) is 53.6 Å². The third kappa shape index (κ3) is 4.08. The molecule has 1 aromatic carbocycles. The van der Waals surface area contributed by atoms with Gasteiger partial charge in [-0.25, -0.2) is 14.4 Å². The second-order valence-corrected chi connectivity index (χ2v) is 11.6. The Morgan fingerprint density at radius 3 is 2.30 bits per heavy atom. The van der Waals surface area contributed by atoms with E-state index in [-0.39, 0.29) is 23.2 Å². The SMILES string of the molecule is N#Cc1cccc(N(CC23CCC(c4cnc(C(F)(F)F)nc4)(CC2)OC3)C(=O)CC23CC(F)(C2)C3)c1. The van der Waals surface area contributed by atoms with Gasteiger partial charge in [-0.05, 0) is 68.6 Å². The van der Waals surface area contributed by atoms with Crippen molar-refractivity contribution in [3.63, 3.8) is 0 Å². The molecular weight excluding hydrogens is 488 g/mol. The van der Waals surface area contributed by atoms with Gasteiger partial charge in [-0.3, -0.25) is 4.79 Å². The predicted octanol–water partition coefficient (Wildman–Crippen LogP) is 5.47. The largest absolute Gasteiger partial charge is 0.451 e. The highest BCUT2D eigenvalue weighted by Gasteiger charge is 2.69. The number of ether oxygens (including phenoxy) is 1. The number of halogens is 4. The van der Waals surface area contributed by atoms with Crippen LogP contribution in [0.25, 0.3) is 0 Å². The highest BCUT2D eigenvalue weighted by atomic mass is 19.4. The average molecular weight is 515 g/mol. The number of fused-ring (bicyclic) bond motifs is 3. The Morgan fingerprint density at radius 2 is 1.76 bits per heavy atom. The quantitative estimate of drug-likeness (QED) is 0.478. The summed E-state index contributed by atoms with van der Waals surface area (Å²) in [5, 5.41) is 9.39. The van der Waals surface area contributed by atoms with Gasteiger partial charge in [0.25, 0.3) is 0 Å². The zero-order chi connectivity index (χ0) is 26.1. The molecule has 2 saturated heterocycles. The standard InChI is InChI=1S/C27H26F4N4O2/c28-25-13-24(14-25,15-25)9-21(36)35(20-3-1-2-18(8-20)10-32)16-23-4-6-26(7-5-23,37-17-23)19-11-33-22(34-12-19)27(29,30)31/h1-3,8,11-12H,4-7,9,13-17H2. The minimum atomic E-state index is -4.60. The normalized spacial score (nSPS) is 33.7. The van der Waals surface area contributed by atoms with Crippen LogP contribution in [-0.4, -0.2) is 34.7 Å². The summed E-state index contributed by atoms with van der Waals surface area (Å²) >= 11 is 0. The topological polar surface area (TPSA) is 79.1 Å². The fraction of sp³-hybridized carbons (Fsp3) is 0.556. The van der Waals surface area contributed by atoms with Gasteiger partial charge in [0.05, 0.1) is 23.8 Å². The number of nitrogens with zero attached hydrogens (tertiary/aromatic N) is 4. The molecule has 194 valence electrons. The Balaban J connectivity index is 1.21. The van der Waals surface area contributed by atoms with Crippen molar-refractivity contribution in [2.75, 3.05) is 18.1 Å². The number of hydrogen-bond donors (Lipinski definition) is 0. The summed E-state index contributed by atoms with van der Waals surface area (Å²) in [7, 11) is 0. The molecule has 3 heterocycles. The van der Waals surface area contributed by atoms with Crippen LogP contribution in [0.15, 0.2) is 36.7 Å². The van der Waals surface area contributed by atoms with Crippen LogP contribution >= 0.6 is 0 Å². The van der Waals surface area contributed by atoms with Crippen LogP contribution in [-0.2, 0) is 21.3 Å². The molecule has 0 N–H and O–H groups in total. The smallest absolute Gasteiger partial charge is 0.370 e. The van der Waals surface area contributed by atoms with Gasteiger partial charge in [0.2, 0.25) is 11.7 Å². The molecule has 1 aromatic heterocycles. The lowest BCUT2D eigenvalue weighted by atomic mass is 9.41. The van der Waals surface area contributed by atoms with Crippen LogP contribution in [0, 0.1) is 22.2 Å². The molecule has 8 rings (SSSR count). The number of carbonyl (C=O) groups is 1. The Bertz CT molecular complexity index is 1240. The minimum absolute atomic E-state index is 0.0789. The van der Waals surface area contributed by atoms with Crippen LogP contribution in [0.2, 0.25) is 0 Å². The first-order chi connectivity index (χ1) is 17.5. The summed E-state index contributed by atoms with van der Waals surface area (Å²) in [6.45, 7) is 0.742. The van der Waals surface area contributed by atoms with E-state index in [1.165, 1.54) is 12.4 Å². The molecule has 4 aliphatic carbocycles. The van der Waals surface area contributed by atoms with E-state index < -0.39 is 23.3 Å². The number of alkyl halides is 4. The molecule has 6 nitrogen and oxygen atoms in total. The number of amides is 1. The Kier molecular flexibility index (Phi) is 5.23. The summed E-state index contributed by atoms with van der Waals surface area (Å²) in [4.78, 5) is 22.4. The van der Waals surface area contributed by atoms with Gasteiger partial charge in [0.1, 0.15) is 5.67 Å². The monoisotopic (exact) mass is 514 g/mol. The number of benzene rings is 1. The number of hydrogen-bond acceptors (Lipinski definition) is 5. The molecule has 6 aliphatic rings. The van der Waals surface area contributed by atoms with Gasteiger partial charge in [0, 0.05) is 42.0 Å². The molecule has 4 saturated carbocycles. The first-order valence-electron chi connectivity index (χ1n) is 12.5. The zero-order valence-corrected chi connectivity index (χ0v) is 20.2. The second kappa shape index (κ2) is 7.97. The Morgan fingerprint density at radius 1 is 1.08 bits per heavy atom. The fourth-order valence-electron chi connectivity index (χ4n) is 6.92. The van der Waals surface area contributed by atoms with E-state index in [1.54, 1.807) is 23.1 Å². The molecule has 1 amide bonds. The number of nitriles is 1. The minimum Gasteiger partial charge on any atom is -0.370 e. The van der Waals surface area contributed by atoms with Crippen molar-refractivity contribution in [2.45, 2.75) is 68.8 Å². The molecule has 2 aromatic rings. The molecule has 6 fully saturated rings. The van der Waals surface area contributed by atoms with E-state index in [2.05, 4.69) is 16.0 Å².